The molecule has 0 atom stereocenters. The second-order valence-electron chi connectivity index (χ2n) is 6.32. The molecule has 0 radical (unpaired) electrons. The Morgan fingerprint density at radius 2 is 2.00 bits per heavy atom. The van der Waals surface area contributed by atoms with Crippen molar-refractivity contribution in [2.24, 2.45) is 4.99 Å². The van der Waals surface area contributed by atoms with Gasteiger partial charge < -0.3 is 15.4 Å². The number of rotatable bonds is 6. The lowest BCUT2D eigenvalue weighted by Crippen LogP contribution is -2.38. The first-order valence-corrected chi connectivity index (χ1v) is 8.76. The zero-order valence-electron chi connectivity index (χ0n) is 14.5. The van der Waals surface area contributed by atoms with E-state index in [0.29, 0.717) is 6.04 Å². The lowest BCUT2D eigenvalue weighted by molar-refractivity contribution is 0.0342. The van der Waals surface area contributed by atoms with Gasteiger partial charge in [-0.1, -0.05) is 24.3 Å². The van der Waals surface area contributed by atoms with Gasteiger partial charge in [0.2, 0.25) is 0 Å². The van der Waals surface area contributed by atoms with Gasteiger partial charge in [0.05, 0.1) is 19.8 Å². The van der Waals surface area contributed by atoms with Crippen LogP contribution in [0.1, 0.15) is 30.9 Å². The van der Waals surface area contributed by atoms with Crippen molar-refractivity contribution in [3.63, 3.8) is 0 Å². The van der Waals surface area contributed by atoms with Gasteiger partial charge in [0.15, 0.2) is 5.96 Å². The number of hydrogen-bond donors (Lipinski definition) is 2. The van der Waals surface area contributed by atoms with Crippen molar-refractivity contribution in [3.8, 4) is 0 Å². The highest BCUT2D eigenvalue weighted by atomic mass is 127. The molecule has 1 aromatic rings. The van der Waals surface area contributed by atoms with Crippen LogP contribution in [0.2, 0.25) is 0 Å². The predicted molar refractivity (Wildman–Crippen MR) is 109 cm³/mol. The van der Waals surface area contributed by atoms with Gasteiger partial charge in [0.25, 0.3) is 0 Å². The molecule has 1 heterocycles. The minimum atomic E-state index is 0. The molecule has 0 amide bonds. The van der Waals surface area contributed by atoms with Gasteiger partial charge in [-0.15, -0.1) is 24.0 Å². The molecule has 3 rings (SSSR count). The molecule has 134 valence electrons. The molecule has 0 aromatic heterocycles. The summed E-state index contributed by atoms with van der Waals surface area (Å²) in [4.78, 5) is 7.16. The number of morpholine rings is 1. The maximum atomic E-state index is 5.41. The van der Waals surface area contributed by atoms with Crippen LogP contribution in [0.4, 0.5) is 0 Å². The Bertz CT molecular complexity index is 528. The highest BCUT2D eigenvalue weighted by Crippen LogP contribution is 2.18. The van der Waals surface area contributed by atoms with E-state index in [1.807, 2.05) is 0 Å². The van der Waals surface area contributed by atoms with Crippen LogP contribution in [-0.2, 0) is 17.8 Å². The number of aliphatic imine (C=N–C) groups is 1. The van der Waals surface area contributed by atoms with Crippen LogP contribution in [0, 0.1) is 0 Å². The van der Waals surface area contributed by atoms with Crippen LogP contribution in [0.5, 0.6) is 0 Å². The van der Waals surface area contributed by atoms with Crippen molar-refractivity contribution in [2.45, 2.75) is 38.9 Å². The van der Waals surface area contributed by atoms with Crippen LogP contribution >= 0.6 is 24.0 Å². The molecular weight excluding hydrogens is 415 g/mol. The zero-order valence-corrected chi connectivity index (χ0v) is 16.8. The number of halogens is 1. The SMILES string of the molecule is CCNC(=NCc1cccc(CN2CCOCC2)c1)NC1CC1.I. The Morgan fingerprint density at radius 1 is 1.25 bits per heavy atom. The van der Waals surface area contributed by atoms with Crippen molar-refractivity contribution in [1.82, 2.24) is 15.5 Å². The third-order valence-electron chi connectivity index (χ3n) is 4.18. The Balaban J connectivity index is 0.00000208. The lowest BCUT2D eigenvalue weighted by atomic mass is 10.1. The smallest absolute Gasteiger partial charge is 0.191 e. The average molecular weight is 444 g/mol. The molecule has 0 unspecified atom stereocenters. The molecule has 1 saturated heterocycles. The van der Waals surface area contributed by atoms with Gasteiger partial charge in [0, 0.05) is 32.2 Å². The van der Waals surface area contributed by atoms with Crippen LogP contribution in [0.25, 0.3) is 0 Å². The number of ether oxygens (including phenoxy) is 1. The van der Waals surface area contributed by atoms with Gasteiger partial charge in [-0.3, -0.25) is 4.90 Å². The van der Waals surface area contributed by atoms with Crippen molar-refractivity contribution >= 4 is 29.9 Å². The Hall–Kier alpha value is -0.860. The average Bonchev–Trinajstić information content (AvgIpc) is 3.38. The van der Waals surface area contributed by atoms with Crippen molar-refractivity contribution in [2.75, 3.05) is 32.8 Å². The van der Waals surface area contributed by atoms with E-state index in [1.165, 1.54) is 24.0 Å². The summed E-state index contributed by atoms with van der Waals surface area (Å²) in [6, 6.07) is 9.41. The molecule has 1 aromatic carbocycles. The quantitative estimate of drug-likeness (QED) is 0.402. The van der Waals surface area contributed by atoms with E-state index >= 15 is 0 Å². The molecule has 1 aliphatic heterocycles. The monoisotopic (exact) mass is 444 g/mol. The fourth-order valence-corrected chi connectivity index (χ4v) is 2.76. The first-order chi connectivity index (χ1) is 11.3. The summed E-state index contributed by atoms with van der Waals surface area (Å²) < 4.78 is 5.41. The maximum absolute atomic E-state index is 5.41. The molecule has 5 nitrogen and oxygen atoms in total. The topological polar surface area (TPSA) is 48.9 Å². The molecule has 24 heavy (non-hydrogen) atoms. The largest absolute Gasteiger partial charge is 0.379 e. The Kier molecular flexibility index (Phi) is 8.28. The fourth-order valence-electron chi connectivity index (χ4n) is 2.76. The fraction of sp³-hybridized carbons (Fsp3) is 0.611. The molecule has 2 N–H and O–H groups in total. The summed E-state index contributed by atoms with van der Waals surface area (Å²) in [5.74, 6) is 0.939. The number of benzene rings is 1. The first-order valence-electron chi connectivity index (χ1n) is 8.76. The first kappa shape index (κ1) is 19.5. The molecule has 2 fully saturated rings. The molecule has 0 bridgehead atoms. The minimum Gasteiger partial charge on any atom is -0.379 e. The van der Waals surface area contributed by atoms with E-state index in [0.717, 1.165) is 51.9 Å². The van der Waals surface area contributed by atoms with E-state index in [4.69, 9.17) is 9.73 Å². The maximum Gasteiger partial charge on any atom is 0.191 e. The second-order valence-corrected chi connectivity index (χ2v) is 6.32. The van der Waals surface area contributed by atoms with E-state index in [9.17, 15) is 0 Å². The van der Waals surface area contributed by atoms with Crippen LogP contribution in [0.3, 0.4) is 0 Å². The van der Waals surface area contributed by atoms with Gasteiger partial charge in [-0.2, -0.15) is 0 Å². The zero-order chi connectivity index (χ0) is 15.9. The van der Waals surface area contributed by atoms with Crippen molar-refractivity contribution in [3.05, 3.63) is 35.4 Å². The summed E-state index contributed by atoms with van der Waals surface area (Å²) >= 11 is 0. The summed E-state index contributed by atoms with van der Waals surface area (Å²) in [5, 5.41) is 6.78. The third kappa shape index (κ3) is 6.57. The summed E-state index contributed by atoms with van der Waals surface area (Å²) in [5.41, 5.74) is 2.63. The Labute approximate surface area is 162 Å². The lowest BCUT2D eigenvalue weighted by Gasteiger charge is -2.26. The molecule has 1 aliphatic carbocycles. The summed E-state index contributed by atoms with van der Waals surface area (Å²) in [6.45, 7) is 8.48. The van der Waals surface area contributed by atoms with Crippen LogP contribution < -0.4 is 10.6 Å². The number of nitrogens with one attached hydrogen (secondary N) is 2. The normalized spacial score (nSPS) is 18.8. The van der Waals surface area contributed by atoms with Crippen LogP contribution in [-0.4, -0.2) is 49.7 Å². The highest BCUT2D eigenvalue weighted by molar-refractivity contribution is 14.0. The van der Waals surface area contributed by atoms with Gasteiger partial charge in [0.1, 0.15) is 0 Å². The van der Waals surface area contributed by atoms with Crippen molar-refractivity contribution in [1.29, 1.82) is 0 Å². The Morgan fingerprint density at radius 3 is 2.71 bits per heavy atom. The standard InChI is InChI=1S/C18H28N4O.HI/c1-2-19-18(21-17-6-7-17)20-13-15-4-3-5-16(12-15)14-22-8-10-23-11-9-22;/h3-5,12,17H,2,6-11,13-14H2,1H3,(H2,19,20,21);1H. The summed E-state index contributed by atoms with van der Waals surface area (Å²) in [6.07, 6.45) is 2.53. The van der Waals surface area contributed by atoms with Gasteiger partial charge in [-0.25, -0.2) is 4.99 Å². The molecular formula is C18H29IN4O. The van der Waals surface area contributed by atoms with E-state index < -0.39 is 0 Å². The predicted octanol–water partition coefficient (Wildman–Crippen LogP) is 2.35. The van der Waals surface area contributed by atoms with Gasteiger partial charge in [-0.05, 0) is 30.9 Å². The molecule has 2 aliphatic rings. The molecule has 0 spiro atoms. The van der Waals surface area contributed by atoms with Crippen molar-refractivity contribution < 1.29 is 4.74 Å². The van der Waals surface area contributed by atoms with Crippen LogP contribution in [0.15, 0.2) is 29.3 Å². The minimum absolute atomic E-state index is 0. The summed E-state index contributed by atoms with van der Waals surface area (Å²) in [7, 11) is 0. The number of nitrogens with zero attached hydrogens (tertiary/aromatic N) is 2. The van der Waals surface area contributed by atoms with Gasteiger partial charge >= 0.3 is 0 Å². The third-order valence-corrected chi connectivity index (χ3v) is 4.18. The number of hydrogen-bond acceptors (Lipinski definition) is 3. The number of guanidine groups is 1. The molecule has 6 heteroatoms. The van der Waals surface area contributed by atoms with E-state index in [-0.39, 0.29) is 24.0 Å². The van der Waals surface area contributed by atoms with E-state index in [2.05, 4.69) is 46.7 Å². The molecule has 1 saturated carbocycles. The second kappa shape index (κ2) is 10.2. The highest BCUT2D eigenvalue weighted by Gasteiger charge is 2.22. The van der Waals surface area contributed by atoms with E-state index in [1.54, 1.807) is 0 Å².